The number of methoxy groups -OCH3 is 1. The molecule has 138 valence electrons. The van der Waals surface area contributed by atoms with E-state index in [0.717, 1.165) is 12.1 Å². The largest absolute Gasteiger partial charge is 0.384 e. The second kappa shape index (κ2) is 6.89. The number of carbonyl (C=O) groups is 1. The van der Waals surface area contributed by atoms with Gasteiger partial charge in [-0.05, 0) is 24.5 Å². The van der Waals surface area contributed by atoms with Crippen molar-refractivity contribution in [2.75, 3.05) is 38.4 Å². The highest BCUT2D eigenvalue weighted by Gasteiger charge is 2.37. The van der Waals surface area contributed by atoms with Gasteiger partial charge in [-0.2, -0.15) is 0 Å². The number of amides is 1. The molecule has 0 saturated carbocycles. The zero-order valence-corrected chi connectivity index (χ0v) is 15.2. The highest BCUT2D eigenvalue weighted by atomic mass is 32.2. The van der Waals surface area contributed by atoms with Gasteiger partial charge in [0.2, 0.25) is 15.9 Å². The number of nitrogens with zero attached hydrogens (tertiary/aromatic N) is 2. The van der Waals surface area contributed by atoms with Crippen LogP contribution in [0.2, 0.25) is 0 Å². The molecule has 2 atom stereocenters. The van der Waals surface area contributed by atoms with Crippen molar-refractivity contribution in [3.05, 3.63) is 28.2 Å². The highest BCUT2D eigenvalue weighted by Crippen LogP contribution is 2.36. The minimum Gasteiger partial charge on any atom is -0.384 e. The molecule has 1 saturated heterocycles. The van der Waals surface area contributed by atoms with Crippen LogP contribution in [0.4, 0.5) is 5.69 Å². The molecule has 3 heterocycles. The molecule has 2 aliphatic heterocycles. The van der Waals surface area contributed by atoms with Gasteiger partial charge in [-0.25, -0.2) is 12.7 Å². The van der Waals surface area contributed by atoms with Gasteiger partial charge in [-0.3, -0.25) is 9.59 Å². The van der Waals surface area contributed by atoms with Crippen LogP contribution in [0.1, 0.15) is 24.5 Å². The summed E-state index contributed by atoms with van der Waals surface area (Å²) in [5.41, 5.74) is 0.861. The van der Waals surface area contributed by atoms with Gasteiger partial charge in [0.15, 0.2) is 0 Å². The summed E-state index contributed by atoms with van der Waals surface area (Å²) in [6.45, 7) is 1.60. The number of ether oxygens (including phenoxy) is 1. The molecular formula is C16H23N3O5S. The molecule has 0 radical (unpaired) electrons. The molecule has 2 aliphatic rings. The second-order valence-corrected chi connectivity index (χ2v) is 8.74. The van der Waals surface area contributed by atoms with Crippen molar-refractivity contribution in [1.29, 1.82) is 0 Å². The lowest BCUT2D eigenvalue weighted by atomic mass is 9.84. The Balaban J connectivity index is 1.85. The maximum absolute atomic E-state index is 12.7. The third kappa shape index (κ3) is 3.78. The first kappa shape index (κ1) is 18.1. The fourth-order valence-electron chi connectivity index (χ4n) is 3.68. The lowest BCUT2D eigenvalue weighted by Gasteiger charge is -2.41. The summed E-state index contributed by atoms with van der Waals surface area (Å²) in [6, 6.07) is 3.43. The number of rotatable bonds is 5. The molecule has 25 heavy (non-hydrogen) atoms. The molecule has 0 spiro atoms. The monoisotopic (exact) mass is 369 g/mol. The Morgan fingerprint density at radius 2 is 2.08 bits per heavy atom. The Morgan fingerprint density at radius 1 is 1.32 bits per heavy atom. The van der Waals surface area contributed by atoms with E-state index in [9.17, 15) is 18.0 Å². The Labute approximate surface area is 146 Å². The van der Waals surface area contributed by atoms with Crippen LogP contribution >= 0.6 is 0 Å². The number of anilines is 1. The number of pyridine rings is 1. The Kier molecular flexibility index (Phi) is 4.99. The molecule has 3 rings (SSSR count). The second-order valence-electron chi connectivity index (χ2n) is 6.76. The lowest BCUT2D eigenvalue weighted by Crippen LogP contribution is -2.49. The molecule has 8 nitrogen and oxygen atoms in total. The van der Waals surface area contributed by atoms with Gasteiger partial charge in [0.05, 0.1) is 19.3 Å². The average molecular weight is 369 g/mol. The van der Waals surface area contributed by atoms with Crippen molar-refractivity contribution in [2.45, 2.75) is 25.3 Å². The maximum atomic E-state index is 12.7. The molecule has 1 aromatic heterocycles. The van der Waals surface area contributed by atoms with Crippen molar-refractivity contribution in [3.8, 4) is 0 Å². The first-order valence-corrected chi connectivity index (χ1v) is 10.1. The summed E-state index contributed by atoms with van der Waals surface area (Å²) < 4.78 is 31.8. The van der Waals surface area contributed by atoms with E-state index >= 15 is 0 Å². The number of carbonyl (C=O) groups excluding carboxylic acids is 1. The fraction of sp³-hybridized carbons (Fsp3) is 0.625. The minimum atomic E-state index is -3.24. The Hall–Kier alpha value is -1.71. The third-order valence-electron chi connectivity index (χ3n) is 4.85. The Morgan fingerprint density at radius 3 is 2.76 bits per heavy atom. The average Bonchev–Trinajstić information content (AvgIpc) is 2.55. The maximum Gasteiger partial charge on any atom is 0.274 e. The molecule has 0 aromatic carbocycles. The van der Waals surface area contributed by atoms with E-state index < -0.39 is 10.0 Å². The van der Waals surface area contributed by atoms with Gasteiger partial charge in [-0.15, -0.1) is 0 Å². The van der Waals surface area contributed by atoms with Crippen LogP contribution in [0.25, 0.3) is 0 Å². The fourth-order valence-corrected chi connectivity index (χ4v) is 4.61. The van der Waals surface area contributed by atoms with Crippen molar-refractivity contribution in [2.24, 2.45) is 5.92 Å². The van der Waals surface area contributed by atoms with Crippen LogP contribution in [0.15, 0.2) is 16.9 Å². The number of aromatic nitrogens is 1. The Bertz CT molecular complexity index is 833. The molecular weight excluding hydrogens is 346 g/mol. The standard InChI is InChI=1S/C16H23N3O5S/c1-24-6-5-15(20)17-13-3-4-14-12-7-11(9-19(14)16(13)21)8-18(10-12)25(2,22)23/h3-4,11-12H,5-10H2,1-2H3,(H,17,20)/t11-,12-/m1/s1. The predicted octanol–water partition coefficient (Wildman–Crippen LogP) is 0.202. The summed E-state index contributed by atoms with van der Waals surface area (Å²) in [6.07, 6.45) is 2.29. The zero-order chi connectivity index (χ0) is 18.2. The van der Waals surface area contributed by atoms with Crippen LogP contribution in [0.3, 0.4) is 0 Å². The van der Waals surface area contributed by atoms with Crippen LogP contribution in [-0.2, 0) is 26.1 Å². The van der Waals surface area contributed by atoms with E-state index in [1.807, 2.05) is 6.07 Å². The van der Waals surface area contributed by atoms with Gasteiger partial charge in [0, 0.05) is 38.4 Å². The van der Waals surface area contributed by atoms with Crippen LogP contribution in [0, 0.1) is 5.92 Å². The topological polar surface area (TPSA) is 97.7 Å². The first-order valence-electron chi connectivity index (χ1n) is 8.27. The van der Waals surface area contributed by atoms with Gasteiger partial charge in [0.25, 0.3) is 5.56 Å². The van der Waals surface area contributed by atoms with Crippen molar-refractivity contribution >= 4 is 21.6 Å². The summed E-state index contributed by atoms with van der Waals surface area (Å²) in [5.74, 6) is -0.148. The van der Waals surface area contributed by atoms with E-state index in [2.05, 4.69) is 5.32 Å². The van der Waals surface area contributed by atoms with Gasteiger partial charge in [-0.1, -0.05) is 0 Å². The van der Waals surface area contributed by atoms with Gasteiger partial charge >= 0.3 is 0 Å². The molecule has 1 amide bonds. The van der Waals surface area contributed by atoms with Crippen LogP contribution in [-0.4, -0.2) is 56.3 Å². The highest BCUT2D eigenvalue weighted by molar-refractivity contribution is 7.88. The molecule has 0 aliphatic carbocycles. The van der Waals surface area contributed by atoms with Crippen molar-refractivity contribution in [3.63, 3.8) is 0 Å². The van der Waals surface area contributed by atoms with Gasteiger partial charge in [0.1, 0.15) is 5.69 Å². The van der Waals surface area contributed by atoms with E-state index in [1.54, 1.807) is 10.6 Å². The molecule has 9 heteroatoms. The van der Waals surface area contributed by atoms with Crippen LogP contribution < -0.4 is 10.9 Å². The number of hydrogen-bond acceptors (Lipinski definition) is 5. The minimum absolute atomic E-state index is 0.00756. The van der Waals surface area contributed by atoms with Crippen molar-refractivity contribution < 1.29 is 17.9 Å². The van der Waals surface area contributed by atoms with E-state index in [0.29, 0.717) is 26.2 Å². The van der Waals surface area contributed by atoms with Crippen LogP contribution in [0.5, 0.6) is 0 Å². The number of nitrogens with one attached hydrogen (secondary N) is 1. The molecule has 1 aromatic rings. The number of hydrogen-bond donors (Lipinski definition) is 1. The van der Waals surface area contributed by atoms with Crippen molar-refractivity contribution in [1.82, 2.24) is 8.87 Å². The summed E-state index contributed by atoms with van der Waals surface area (Å²) in [4.78, 5) is 24.5. The lowest BCUT2D eigenvalue weighted by molar-refractivity contribution is -0.117. The molecule has 1 fully saturated rings. The predicted molar refractivity (Wildman–Crippen MR) is 93.1 cm³/mol. The van der Waals surface area contributed by atoms with Gasteiger partial charge < -0.3 is 14.6 Å². The number of sulfonamides is 1. The first-order chi connectivity index (χ1) is 11.8. The summed E-state index contributed by atoms with van der Waals surface area (Å²) in [5, 5.41) is 2.64. The smallest absolute Gasteiger partial charge is 0.274 e. The summed E-state index contributed by atoms with van der Waals surface area (Å²) in [7, 11) is -1.72. The SMILES string of the molecule is COCCC(=O)Nc1ccc2n(c1=O)C[C@@H]1C[C@@H]2CN(S(C)(=O)=O)C1. The summed E-state index contributed by atoms with van der Waals surface area (Å²) >= 11 is 0. The normalized spacial score (nSPS) is 23.1. The number of piperidine rings is 1. The number of fused-ring (bicyclic) bond motifs is 4. The van der Waals surface area contributed by atoms with E-state index in [1.165, 1.54) is 17.7 Å². The van der Waals surface area contributed by atoms with E-state index in [-0.39, 0.29) is 35.4 Å². The molecule has 1 N–H and O–H groups in total. The third-order valence-corrected chi connectivity index (χ3v) is 6.08. The molecule has 2 bridgehead atoms. The van der Waals surface area contributed by atoms with E-state index in [4.69, 9.17) is 4.74 Å². The quantitative estimate of drug-likeness (QED) is 0.800. The zero-order valence-electron chi connectivity index (χ0n) is 14.4. The molecule has 0 unspecified atom stereocenters.